The molecule has 0 spiro atoms. The van der Waals surface area contributed by atoms with Crippen LogP contribution in [0.1, 0.15) is 5.69 Å². The summed E-state index contributed by atoms with van der Waals surface area (Å²) < 4.78 is 31.0. The van der Waals surface area contributed by atoms with Gasteiger partial charge in [0.15, 0.2) is 0 Å². The number of anilines is 1. The van der Waals surface area contributed by atoms with Crippen LogP contribution in [0.25, 0.3) is 0 Å². The van der Waals surface area contributed by atoms with Crippen LogP contribution in [-0.4, -0.2) is 32.9 Å². The molecule has 0 fully saturated rings. The van der Waals surface area contributed by atoms with Crippen LogP contribution in [0.3, 0.4) is 0 Å². The largest absolute Gasteiger partial charge is 0.384 e. The van der Waals surface area contributed by atoms with Gasteiger partial charge in [0, 0.05) is 7.11 Å². The van der Waals surface area contributed by atoms with E-state index in [-0.39, 0.29) is 12.4 Å². The lowest BCUT2D eigenvalue weighted by Gasteiger charge is -2.09. The van der Waals surface area contributed by atoms with Crippen molar-refractivity contribution in [2.75, 3.05) is 24.2 Å². The minimum atomic E-state index is -3.36. The molecule has 1 aromatic heterocycles. The van der Waals surface area contributed by atoms with E-state index in [0.29, 0.717) is 16.0 Å². The number of methoxy groups -OCH3 is 1. The smallest absolute Gasteiger partial charge is 0.235 e. The third-order valence-corrected chi connectivity index (χ3v) is 3.55. The third-order valence-electron chi connectivity index (χ3n) is 1.87. The van der Waals surface area contributed by atoms with Gasteiger partial charge in [0.05, 0.1) is 23.7 Å². The molecule has 1 rings (SSSR count). The van der Waals surface area contributed by atoms with Crippen LogP contribution in [0.4, 0.5) is 5.69 Å². The highest BCUT2D eigenvalue weighted by Gasteiger charge is 2.11. The summed E-state index contributed by atoms with van der Waals surface area (Å²) >= 11 is 3.21. The van der Waals surface area contributed by atoms with Crippen molar-refractivity contribution in [3.63, 3.8) is 0 Å². The van der Waals surface area contributed by atoms with E-state index in [0.717, 1.165) is 0 Å². The minimum Gasteiger partial charge on any atom is -0.384 e. The molecule has 1 heterocycles. The highest BCUT2D eigenvalue weighted by Crippen LogP contribution is 2.17. The van der Waals surface area contributed by atoms with Crippen LogP contribution in [0.15, 0.2) is 16.7 Å². The second-order valence-corrected chi connectivity index (χ2v) is 5.84. The summed E-state index contributed by atoms with van der Waals surface area (Å²) in [7, 11) is -1.90. The van der Waals surface area contributed by atoms with Crippen molar-refractivity contribution in [1.82, 2.24) is 4.98 Å². The summed E-state index contributed by atoms with van der Waals surface area (Å²) in [6.45, 7) is 1.90. The summed E-state index contributed by atoms with van der Waals surface area (Å²) in [6, 6.07) is 3.35. The Bertz CT molecular complexity index is 462. The first kappa shape index (κ1) is 13.4. The molecule has 0 atom stereocenters. The van der Waals surface area contributed by atoms with Gasteiger partial charge in [0.2, 0.25) is 10.0 Å². The number of ether oxygens (including phenoxy) is 1. The number of sulfonamides is 1. The Labute approximate surface area is 103 Å². The SMILES string of the molecule is COCCS(=O)(=O)Nc1ccc(Br)nc1C. The second kappa shape index (κ2) is 5.60. The number of aromatic nitrogens is 1. The maximum Gasteiger partial charge on any atom is 0.235 e. The van der Waals surface area contributed by atoms with E-state index in [1.165, 1.54) is 7.11 Å². The van der Waals surface area contributed by atoms with Crippen LogP contribution < -0.4 is 4.72 Å². The zero-order valence-electron chi connectivity index (χ0n) is 9.03. The van der Waals surface area contributed by atoms with Gasteiger partial charge in [-0.2, -0.15) is 0 Å². The summed E-state index contributed by atoms with van der Waals surface area (Å²) in [6.07, 6.45) is 0. The fourth-order valence-electron chi connectivity index (χ4n) is 1.05. The molecule has 0 amide bonds. The topological polar surface area (TPSA) is 68.3 Å². The number of hydrogen-bond donors (Lipinski definition) is 1. The van der Waals surface area contributed by atoms with Gasteiger partial charge in [-0.3, -0.25) is 4.72 Å². The van der Waals surface area contributed by atoms with Crippen molar-refractivity contribution in [1.29, 1.82) is 0 Å². The maximum absolute atomic E-state index is 11.6. The van der Waals surface area contributed by atoms with E-state index >= 15 is 0 Å². The van der Waals surface area contributed by atoms with Crippen molar-refractivity contribution in [2.24, 2.45) is 0 Å². The van der Waals surface area contributed by atoms with E-state index in [4.69, 9.17) is 4.74 Å². The lowest BCUT2D eigenvalue weighted by Crippen LogP contribution is -2.20. The Balaban J connectivity index is 2.80. The number of halogens is 1. The average Bonchev–Trinajstić information content (AvgIpc) is 2.19. The quantitative estimate of drug-likeness (QED) is 0.838. The molecule has 1 aromatic rings. The minimum absolute atomic E-state index is 0.0704. The Kier molecular flexibility index (Phi) is 4.69. The molecule has 5 nitrogen and oxygen atoms in total. The van der Waals surface area contributed by atoms with Gasteiger partial charge in [0.25, 0.3) is 0 Å². The second-order valence-electron chi connectivity index (χ2n) is 3.18. The molecule has 16 heavy (non-hydrogen) atoms. The normalized spacial score (nSPS) is 11.4. The first-order valence-corrected chi connectivity index (χ1v) is 7.02. The van der Waals surface area contributed by atoms with Crippen LogP contribution >= 0.6 is 15.9 Å². The number of nitrogens with zero attached hydrogens (tertiary/aromatic N) is 1. The molecule has 7 heteroatoms. The van der Waals surface area contributed by atoms with E-state index < -0.39 is 10.0 Å². The molecule has 0 radical (unpaired) electrons. The molecule has 0 aliphatic heterocycles. The number of rotatable bonds is 5. The number of nitrogens with one attached hydrogen (secondary N) is 1. The zero-order valence-corrected chi connectivity index (χ0v) is 11.4. The van der Waals surface area contributed by atoms with E-state index in [9.17, 15) is 8.42 Å². The van der Waals surface area contributed by atoms with Crippen molar-refractivity contribution >= 4 is 31.6 Å². The van der Waals surface area contributed by atoms with Crippen molar-refractivity contribution < 1.29 is 13.2 Å². The Morgan fingerprint density at radius 3 is 2.75 bits per heavy atom. The van der Waals surface area contributed by atoms with E-state index in [1.807, 2.05) is 0 Å². The predicted octanol–water partition coefficient (Wildman–Crippen LogP) is 1.54. The molecule has 90 valence electrons. The van der Waals surface area contributed by atoms with Crippen molar-refractivity contribution in [2.45, 2.75) is 6.92 Å². The highest BCUT2D eigenvalue weighted by atomic mass is 79.9. The lowest BCUT2D eigenvalue weighted by molar-refractivity contribution is 0.217. The van der Waals surface area contributed by atoms with Gasteiger partial charge in [-0.05, 0) is 35.0 Å². The van der Waals surface area contributed by atoms with Gasteiger partial charge < -0.3 is 4.74 Å². The Hall–Kier alpha value is -0.660. The van der Waals surface area contributed by atoms with Crippen molar-refractivity contribution in [3.8, 4) is 0 Å². The van der Waals surface area contributed by atoms with Crippen LogP contribution in [0.5, 0.6) is 0 Å². The average molecular weight is 309 g/mol. The molecular weight excluding hydrogens is 296 g/mol. The molecule has 0 aliphatic carbocycles. The van der Waals surface area contributed by atoms with Gasteiger partial charge in [-0.15, -0.1) is 0 Å². The summed E-state index contributed by atoms with van der Waals surface area (Å²) in [5.41, 5.74) is 1.11. The van der Waals surface area contributed by atoms with Gasteiger partial charge in [-0.25, -0.2) is 13.4 Å². The van der Waals surface area contributed by atoms with E-state index in [1.54, 1.807) is 19.1 Å². The first-order chi connectivity index (χ1) is 7.44. The van der Waals surface area contributed by atoms with Crippen molar-refractivity contribution in [3.05, 3.63) is 22.4 Å². The molecule has 0 aromatic carbocycles. The molecule has 0 saturated carbocycles. The molecule has 0 bridgehead atoms. The summed E-state index contributed by atoms with van der Waals surface area (Å²) in [5, 5.41) is 0. The van der Waals surface area contributed by atoms with Gasteiger partial charge >= 0.3 is 0 Å². The van der Waals surface area contributed by atoms with Gasteiger partial charge in [0.1, 0.15) is 4.60 Å². The summed E-state index contributed by atoms with van der Waals surface area (Å²) in [5.74, 6) is -0.0704. The lowest BCUT2D eigenvalue weighted by atomic mass is 10.3. The monoisotopic (exact) mass is 308 g/mol. The molecular formula is C9H13BrN2O3S. The van der Waals surface area contributed by atoms with Crippen LogP contribution in [-0.2, 0) is 14.8 Å². The van der Waals surface area contributed by atoms with E-state index in [2.05, 4.69) is 25.6 Å². The Morgan fingerprint density at radius 2 is 2.19 bits per heavy atom. The summed E-state index contributed by atoms with van der Waals surface area (Å²) in [4.78, 5) is 4.10. The van der Waals surface area contributed by atoms with Crippen LogP contribution in [0.2, 0.25) is 0 Å². The predicted molar refractivity (Wildman–Crippen MR) is 66.0 cm³/mol. The molecule has 0 aliphatic rings. The number of aryl methyl sites for hydroxylation is 1. The third kappa shape index (κ3) is 4.07. The number of pyridine rings is 1. The first-order valence-electron chi connectivity index (χ1n) is 4.57. The van der Waals surface area contributed by atoms with Crippen LogP contribution in [0, 0.1) is 6.92 Å². The highest BCUT2D eigenvalue weighted by molar-refractivity contribution is 9.10. The maximum atomic E-state index is 11.6. The standard InChI is InChI=1S/C9H13BrN2O3S/c1-7-8(3-4-9(10)11-7)12-16(13,14)6-5-15-2/h3-4,12H,5-6H2,1-2H3. The molecule has 0 unspecified atom stereocenters. The van der Waals surface area contributed by atoms with Gasteiger partial charge in [-0.1, -0.05) is 0 Å². The fourth-order valence-corrected chi connectivity index (χ4v) is 2.49. The molecule has 1 N–H and O–H groups in total. The number of hydrogen-bond acceptors (Lipinski definition) is 4. The fraction of sp³-hybridized carbons (Fsp3) is 0.444. The molecule has 0 saturated heterocycles. The Morgan fingerprint density at radius 1 is 1.50 bits per heavy atom. The zero-order chi connectivity index (χ0) is 12.2.